The maximum Gasteiger partial charge on any atom is 0.138 e. The zero-order chi connectivity index (χ0) is 22.4. The fraction of sp³-hybridized carbons (Fsp3) is 0.458. The van der Waals surface area contributed by atoms with Crippen LogP contribution < -0.4 is 20.9 Å². The van der Waals surface area contributed by atoms with Gasteiger partial charge >= 0.3 is 0 Å². The van der Waals surface area contributed by atoms with Crippen LogP contribution >= 0.6 is 11.3 Å². The number of imidazole rings is 1. The lowest BCUT2D eigenvalue weighted by molar-refractivity contribution is 0.217. The molecule has 0 amide bonds. The van der Waals surface area contributed by atoms with Crippen molar-refractivity contribution in [2.24, 2.45) is 0 Å². The van der Waals surface area contributed by atoms with Gasteiger partial charge in [-0.25, -0.2) is 9.37 Å². The first-order valence-electron chi connectivity index (χ1n) is 11.8. The van der Waals surface area contributed by atoms with Crippen LogP contribution in [-0.2, 0) is 0 Å². The number of halogens is 1. The molecule has 7 nitrogen and oxygen atoms in total. The Morgan fingerprint density at radius 3 is 2.91 bits per heavy atom. The molecule has 6 rings (SSSR count). The van der Waals surface area contributed by atoms with Crippen molar-refractivity contribution in [1.82, 2.24) is 25.5 Å². The van der Waals surface area contributed by atoms with Crippen molar-refractivity contribution in [1.29, 1.82) is 0 Å². The Morgan fingerprint density at radius 2 is 2.06 bits per heavy atom. The molecule has 0 unspecified atom stereocenters. The molecule has 2 fully saturated rings. The molecule has 3 aromatic rings. The summed E-state index contributed by atoms with van der Waals surface area (Å²) in [6.45, 7) is 6.11. The summed E-state index contributed by atoms with van der Waals surface area (Å²) in [6, 6.07) is 8.39. The predicted molar refractivity (Wildman–Crippen MR) is 135 cm³/mol. The molecule has 2 atom stereocenters. The van der Waals surface area contributed by atoms with Gasteiger partial charge in [0.1, 0.15) is 12.0 Å². The van der Waals surface area contributed by atoms with E-state index in [9.17, 15) is 4.39 Å². The van der Waals surface area contributed by atoms with Gasteiger partial charge in [0.25, 0.3) is 0 Å². The smallest absolute Gasteiger partial charge is 0.138 e. The van der Waals surface area contributed by atoms with E-state index >= 15 is 0 Å². The third-order valence-corrected chi connectivity index (χ3v) is 7.89. The summed E-state index contributed by atoms with van der Waals surface area (Å²) in [5.41, 5.74) is 6.38. The second kappa shape index (κ2) is 8.62. The Kier molecular flexibility index (Phi) is 5.48. The van der Waals surface area contributed by atoms with Gasteiger partial charge in [-0.1, -0.05) is 0 Å². The van der Waals surface area contributed by atoms with Gasteiger partial charge in [-0.2, -0.15) is 0 Å². The number of hydrogen-bond donors (Lipinski definition) is 4. The number of thiophene rings is 1. The average Bonchev–Trinajstić information content (AvgIpc) is 3.48. The number of alkyl halides is 1. The Bertz CT molecular complexity index is 1180. The molecule has 9 heteroatoms. The topological polar surface area (TPSA) is 71.2 Å². The standard InChI is InChI=1S/C24H30FN7S/c1-31-7-9-32(10-8-31)15-2-3-20-21(12-15)30-23(29-20)17-13-27-24-16(5-11-33-24)22(17)28-19-4-6-26-14-18(19)25/h2-3,5,11-12,18-19,26-28H,4,6-10,13-14H2,1H3,(H,29,30)/t18-,19-/m0/s1. The average molecular weight is 468 g/mol. The molecule has 174 valence electrons. The maximum absolute atomic E-state index is 14.7. The highest BCUT2D eigenvalue weighted by Crippen LogP contribution is 2.38. The molecule has 0 bridgehead atoms. The fourth-order valence-corrected chi connectivity index (χ4v) is 5.79. The van der Waals surface area contributed by atoms with E-state index in [1.54, 1.807) is 11.3 Å². The molecule has 33 heavy (non-hydrogen) atoms. The number of piperazine rings is 1. The molecule has 1 aromatic carbocycles. The Balaban J connectivity index is 1.36. The Morgan fingerprint density at radius 1 is 1.18 bits per heavy atom. The second-order valence-corrected chi connectivity index (χ2v) is 10.1. The summed E-state index contributed by atoms with van der Waals surface area (Å²) >= 11 is 1.68. The highest BCUT2D eigenvalue weighted by molar-refractivity contribution is 7.14. The maximum atomic E-state index is 14.7. The summed E-state index contributed by atoms with van der Waals surface area (Å²) in [6.07, 6.45) is -0.148. The number of hydrogen-bond acceptors (Lipinski definition) is 7. The van der Waals surface area contributed by atoms with Gasteiger partial charge in [-0.05, 0) is 49.7 Å². The lowest BCUT2D eigenvalue weighted by Gasteiger charge is -2.34. The fourth-order valence-electron chi connectivity index (χ4n) is 5.00. The number of aromatic amines is 1. The molecule has 0 radical (unpaired) electrons. The van der Waals surface area contributed by atoms with Gasteiger partial charge in [0.2, 0.25) is 0 Å². The number of piperidine rings is 1. The number of H-pyrrole nitrogens is 1. The number of rotatable bonds is 4. The number of benzene rings is 1. The van der Waals surface area contributed by atoms with Crippen LogP contribution in [-0.4, -0.2) is 79.9 Å². The first kappa shape index (κ1) is 20.9. The predicted octanol–water partition coefficient (Wildman–Crippen LogP) is 2.96. The zero-order valence-electron chi connectivity index (χ0n) is 18.8. The first-order valence-corrected chi connectivity index (χ1v) is 12.6. The minimum Gasteiger partial charge on any atom is -0.378 e. The third-order valence-electron chi connectivity index (χ3n) is 7.02. The van der Waals surface area contributed by atoms with E-state index in [4.69, 9.17) is 4.98 Å². The Labute approximate surface area is 197 Å². The molecular weight excluding hydrogens is 437 g/mol. The van der Waals surface area contributed by atoms with Crippen LogP contribution in [0.3, 0.4) is 0 Å². The summed E-state index contributed by atoms with van der Waals surface area (Å²) in [5, 5.41) is 13.4. The number of fused-ring (bicyclic) bond motifs is 2. The first-order chi connectivity index (χ1) is 16.2. The molecule has 5 heterocycles. The van der Waals surface area contributed by atoms with Crippen LogP contribution in [0.1, 0.15) is 17.8 Å². The molecule has 2 aromatic heterocycles. The molecule has 3 aliphatic heterocycles. The van der Waals surface area contributed by atoms with Crippen molar-refractivity contribution in [3.8, 4) is 0 Å². The third kappa shape index (κ3) is 3.98. The molecule has 0 saturated carbocycles. The van der Waals surface area contributed by atoms with Gasteiger partial charge in [-0.15, -0.1) is 11.3 Å². The molecule has 3 aliphatic rings. The van der Waals surface area contributed by atoms with E-state index in [2.05, 4.69) is 67.4 Å². The van der Waals surface area contributed by atoms with E-state index in [-0.39, 0.29) is 6.04 Å². The van der Waals surface area contributed by atoms with Crippen molar-refractivity contribution in [2.75, 3.05) is 63.1 Å². The summed E-state index contributed by atoms with van der Waals surface area (Å²) in [4.78, 5) is 13.3. The SMILES string of the molecule is CN1CCN(c2ccc3nc(C4=C(N[C@H]5CCNC[C@@H]5F)c5ccsc5NC4)[nH]c3c2)CC1. The largest absolute Gasteiger partial charge is 0.378 e. The van der Waals surface area contributed by atoms with Crippen molar-refractivity contribution >= 4 is 44.3 Å². The van der Waals surface area contributed by atoms with Crippen LogP contribution in [0.4, 0.5) is 15.1 Å². The van der Waals surface area contributed by atoms with Crippen molar-refractivity contribution in [3.05, 3.63) is 41.0 Å². The highest BCUT2D eigenvalue weighted by Gasteiger charge is 2.30. The minimum atomic E-state index is -0.911. The zero-order valence-corrected chi connectivity index (χ0v) is 19.6. The van der Waals surface area contributed by atoms with Crippen LogP contribution in [0.15, 0.2) is 29.6 Å². The molecule has 2 saturated heterocycles. The highest BCUT2D eigenvalue weighted by atomic mass is 32.1. The van der Waals surface area contributed by atoms with E-state index in [0.29, 0.717) is 13.1 Å². The van der Waals surface area contributed by atoms with Crippen molar-refractivity contribution < 1.29 is 4.39 Å². The molecule has 4 N–H and O–H groups in total. The van der Waals surface area contributed by atoms with Crippen molar-refractivity contribution in [3.63, 3.8) is 0 Å². The van der Waals surface area contributed by atoms with Crippen LogP contribution in [0.25, 0.3) is 22.3 Å². The lowest BCUT2D eigenvalue weighted by atomic mass is 9.99. The van der Waals surface area contributed by atoms with Crippen molar-refractivity contribution in [2.45, 2.75) is 18.6 Å². The van der Waals surface area contributed by atoms with E-state index < -0.39 is 6.17 Å². The van der Waals surface area contributed by atoms with E-state index in [1.807, 2.05) is 0 Å². The Hall–Kier alpha value is -2.62. The summed E-state index contributed by atoms with van der Waals surface area (Å²) in [7, 11) is 2.17. The second-order valence-electron chi connectivity index (χ2n) is 9.21. The minimum absolute atomic E-state index is 0.199. The normalized spacial score (nSPS) is 24.1. The summed E-state index contributed by atoms with van der Waals surface area (Å²) < 4.78 is 14.7. The molecule has 0 aliphatic carbocycles. The monoisotopic (exact) mass is 467 g/mol. The van der Waals surface area contributed by atoms with Gasteiger partial charge < -0.3 is 30.7 Å². The van der Waals surface area contributed by atoms with E-state index in [1.165, 1.54) is 5.69 Å². The quantitative estimate of drug-likeness (QED) is 0.473. The van der Waals surface area contributed by atoms with Gasteiger partial charge in [-0.3, -0.25) is 0 Å². The van der Waals surface area contributed by atoms with Crippen LogP contribution in [0.5, 0.6) is 0 Å². The molecular formula is C24H30FN7S. The van der Waals surface area contributed by atoms with E-state index in [0.717, 1.165) is 77.8 Å². The number of nitrogens with one attached hydrogen (secondary N) is 4. The summed E-state index contributed by atoms with van der Waals surface area (Å²) in [5.74, 6) is 0.844. The molecule has 0 spiro atoms. The number of anilines is 2. The van der Waals surface area contributed by atoms with Gasteiger partial charge in [0, 0.05) is 56.1 Å². The van der Waals surface area contributed by atoms with Crippen LogP contribution in [0.2, 0.25) is 0 Å². The number of nitrogens with zero attached hydrogens (tertiary/aromatic N) is 3. The number of aromatic nitrogens is 2. The lowest BCUT2D eigenvalue weighted by Crippen LogP contribution is -2.48. The van der Waals surface area contributed by atoms with Crippen LogP contribution in [0, 0.1) is 0 Å². The van der Waals surface area contributed by atoms with Gasteiger partial charge in [0.15, 0.2) is 0 Å². The van der Waals surface area contributed by atoms with Gasteiger partial charge in [0.05, 0.1) is 27.8 Å². The number of likely N-dealkylation sites (N-methyl/N-ethyl adjacent to an activating group) is 1.